The maximum atomic E-state index is 12.6. The Kier molecular flexibility index (Phi) is 5.69. The number of carbonyl (C=O) groups is 3. The molecule has 0 aliphatic carbocycles. The molecule has 28 heavy (non-hydrogen) atoms. The van der Waals surface area contributed by atoms with Gasteiger partial charge >= 0.3 is 5.97 Å². The number of amides is 2. The molecular weight excluding hydrogens is 428 g/mol. The lowest BCUT2D eigenvalue weighted by atomic mass is 10.0. The van der Waals surface area contributed by atoms with Gasteiger partial charge in [0.05, 0.1) is 18.4 Å². The Labute approximate surface area is 170 Å². The van der Waals surface area contributed by atoms with E-state index in [-0.39, 0.29) is 25.0 Å². The summed E-state index contributed by atoms with van der Waals surface area (Å²) in [5.41, 5.74) is 3.01. The number of hydrogen-bond acceptors (Lipinski definition) is 5. The first kappa shape index (κ1) is 19.9. The van der Waals surface area contributed by atoms with Gasteiger partial charge in [0.1, 0.15) is 12.3 Å². The van der Waals surface area contributed by atoms with E-state index in [4.69, 9.17) is 9.47 Å². The third-order valence-corrected chi connectivity index (χ3v) is 5.02. The Bertz CT molecular complexity index is 973. The van der Waals surface area contributed by atoms with Gasteiger partial charge in [0.15, 0.2) is 6.61 Å². The van der Waals surface area contributed by atoms with Gasteiger partial charge in [-0.1, -0.05) is 15.9 Å². The molecule has 2 aromatic rings. The number of nitrogens with one attached hydrogen (secondary N) is 1. The van der Waals surface area contributed by atoms with Gasteiger partial charge in [0.2, 0.25) is 5.91 Å². The molecular formula is C20H19BrN2O5. The van der Waals surface area contributed by atoms with Gasteiger partial charge in [0.25, 0.3) is 5.91 Å². The van der Waals surface area contributed by atoms with E-state index >= 15 is 0 Å². The number of anilines is 2. The van der Waals surface area contributed by atoms with E-state index in [0.29, 0.717) is 22.7 Å². The van der Waals surface area contributed by atoms with Crippen LogP contribution in [-0.2, 0) is 14.3 Å². The predicted molar refractivity (Wildman–Crippen MR) is 108 cm³/mol. The predicted octanol–water partition coefficient (Wildman–Crippen LogP) is 3.22. The summed E-state index contributed by atoms with van der Waals surface area (Å²) in [5, 5.41) is 2.75. The van der Waals surface area contributed by atoms with Gasteiger partial charge in [-0.25, -0.2) is 4.79 Å². The van der Waals surface area contributed by atoms with Crippen LogP contribution in [0, 0.1) is 13.8 Å². The number of hydrogen-bond donors (Lipinski definition) is 1. The van der Waals surface area contributed by atoms with Crippen LogP contribution in [0.1, 0.15) is 21.5 Å². The third-order valence-electron chi connectivity index (χ3n) is 4.52. The van der Waals surface area contributed by atoms with E-state index in [1.54, 1.807) is 30.3 Å². The van der Waals surface area contributed by atoms with Crippen molar-refractivity contribution in [1.29, 1.82) is 0 Å². The Balaban J connectivity index is 1.81. The number of carbonyl (C=O) groups excluding carboxylic acids is 3. The third kappa shape index (κ3) is 4.01. The lowest BCUT2D eigenvalue weighted by Crippen LogP contribution is -2.43. The first-order valence-electron chi connectivity index (χ1n) is 8.52. The molecule has 2 amide bonds. The monoisotopic (exact) mass is 446 g/mol. The molecule has 3 rings (SSSR count). The highest BCUT2D eigenvalue weighted by molar-refractivity contribution is 9.10. The molecule has 0 atom stereocenters. The minimum Gasteiger partial charge on any atom is -0.482 e. The molecule has 7 nitrogen and oxygen atoms in total. The number of rotatable bonds is 4. The summed E-state index contributed by atoms with van der Waals surface area (Å²) in [6, 6.07) is 8.58. The molecule has 0 unspecified atom stereocenters. The molecule has 1 aliphatic heterocycles. The summed E-state index contributed by atoms with van der Waals surface area (Å²) < 4.78 is 11.0. The van der Waals surface area contributed by atoms with E-state index in [1.807, 2.05) is 13.8 Å². The Hall–Kier alpha value is -2.87. The van der Waals surface area contributed by atoms with Crippen molar-refractivity contribution in [3.8, 4) is 5.75 Å². The number of esters is 1. The summed E-state index contributed by atoms with van der Waals surface area (Å²) in [4.78, 5) is 38.2. The maximum absolute atomic E-state index is 12.6. The van der Waals surface area contributed by atoms with Crippen LogP contribution in [0.5, 0.6) is 5.75 Å². The van der Waals surface area contributed by atoms with Gasteiger partial charge in [-0.2, -0.15) is 0 Å². The zero-order chi connectivity index (χ0) is 20.4. The Morgan fingerprint density at radius 1 is 1.25 bits per heavy atom. The van der Waals surface area contributed by atoms with E-state index in [9.17, 15) is 14.4 Å². The molecule has 1 N–H and O–H groups in total. The first-order valence-corrected chi connectivity index (χ1v) is 9.31. The molecule has 0 spiro atoms. The second-order valence-corrected chi connectivity index (χ2v) is 7.30. The second-order valence-electron chi connectivity index (χ2n) is 6.39. The van der Waals surface area contributed by atoms with Gasteiger partial charge in [-0.3, -0.25) is 14.5 Å². The largest absolute Gasteiger partial charge is 0.482 e. The zero-order valence-electron chi connectivity index (χ0n) is 15.7. The molecule has 1 aliphatic rings. The highest BCUT2D eigenvalue weighted by Crippen LogP contribution is 2.34. The van der Waals surface area contributed by atoms with Crippen LogP contribution in [-0.4, -0.2) is 38.0 Å². The molecule has 0 aromatic heterocycles. The van der Waals surface area contributed by atoms with Gasteiger partial charge in [-0.15, -0.1) is 0 Å². The van der Waals surface area contributed by atoms with Gasteiger partial charge in [-0.05, 0) is 55.3 Å². The second kappa shape index (κ2) is 8.02. The van der Waals surface area contributed by atoms with E-state index < -0.39 is 5.97 Å². The molecule has 0 bridgehead atoms. The number of aryl methyl sites for hydroxylation is 1. The van der Waals surface area contributed by atoms with Crippen molar-refractivity contribution in [2.75, 3.05) is 30.5 Å². The quantitative estimate of drug-likeness (QED) is 0.728. The van der Waals surface area contributed by atoms with Crippen LogP contribution in [0.25, 0.3) is 0 Å². The fourth-order valence-corrected chi connectivity index (χ4v) is 3.29. The lowest BCUT2D eigenvalue weighted by molar-refractivity contribution is -0.123. The smallest absolute Gasteiger partial charge is 0.338 e. The fourth-order valence-electron chi connectivity index (χ4n) is 2.95. The first-order chi connectivity index (χ1) is 13.3. The normalized spacial score (nSPS) is 12.9. The average Bonchev–Trinajstić information content (AvgIpc) is 2.66. The van der Waals surface area contributed by atoms with Crippen molar-refractivity contribution in [2.24, 2.45) is 0 Å². The Morgan fingerprint density at radius 3 is 2.71 bits per heavy atom. The van der Waals surface area contributed by atoms with E-state index in [2.05, 4.69) is 21.2 Å². The van der Waals surface area contributed by atoms with E-state index in [1.165, 1.54) is 12.0 Å². The van der Waals surface area contributed by atoms with Crippen LogP contribution in [0.4, 0.5) is 11.4 Å². The fraction of sp³-hybridized carbons (Fsp3) is 0.250. The molecule has 0 saturated carbocycles. The van der Waals surface area contributed by atoms with Crippen LogP contribution in [0.3, 0.4) is 0 Å². The van der Waals surface area contributed by atoms with Gasteiger partial charge in [0, 0.05) is 10.2 Å². The van der Waals surface area contributed by atoms with Crippen LogP contribution in [0.2, 0.25) is 0 Å². The zero-order valence-corrected chi connectivity index (χ0v) is 17.3. The SMILES string of the molecule is COC(=O)c1cc(NC(=O)CN2C(=O)COc3cc(Br)ccc32)cc(C)c1C. The summed E-state index contributed by atoms with van der Waals surface area (Å²) >= 11 is 3.36. The number of fused-ring (bicyclic) bond motifs is 1. The number of ether oxygens (including phenoxy) is 2. The minimum absolute atomic E-state index is 0.132. The van der Waals surface area contributed by atoms with Crippen molar-refractivity contribution in [1.82, 2.24) is 0 Å². The topological polar surface area (TPSA) is 84.9 Å². The molecule has 1 heterocycles. The molecule has 0 saturated heterocycles. The Morgan fingerprint density at radius 2 is 2.00 bits per heavy atom. The summed E-state index contributed by atoms with van der Waals surface area (Å²) in [6.45, 7) is 3.36. The summed E-state index contributed by atoms with van der Waals surface area (Å²) in [7, 11) is 1.31. The van der Waals surface area contributed by atoms with Crippen molar-refractivity contribution in [2.45, 2.75) is 13.8 Å². The number of methoxy groups -OCH3 is 1. The highest BCUT2D eigenvalue weighted by atomic mass is 79.9. The van der Waals surface area contributed by atoms with Crippen molar-refractivity contribution < 1.29 is 23.9 Å². The van der Waals surface area contributed by atoms with Crippen molar-refractivity contribution in [3.63, 3.8) is 0 Å². The maximum Gasteiger partial charge on any atom is 0.338 e. The summed E-state index contributed by atoms with van der Waals surface area (Å²) in [6.07, 6.45) is 0. The lowest BCUT2D eigenvalue weighted by Gasteiger charge is -2.29. The standard InChI is InChI=1S/C20H19BrN2O5/c1-11-6-14(8-15(12(11)2)20(26)27-3)22-18(24)9-23-16-5-4-13(21)7-17(16)28-10-19(23)25/h4-8H,9-10H2,1-3H3,(H,22,24). The molecule has 2 aromatic carbocycles. The number of benzene rings is 2. The number of halogens is 1. The summed E-state index contributed by atoms with van der Waals surface area (Å²) in [5.74, 6) is -0.635. The van der Waals surface area contributed by atoms with Crippen LogP contribution in [0.15, 0.2) is 34.8 Å². The van der Waals surface area contributed by atoms with E-state index in [0.717, 1.165) is 15.6 Å². The van der Waals surface area contributed by atoms with Crippen molar-refractivity contribution in [3.05, 3.63) is 51.5 Å². The highest BCUT2D eigenvalue weighted by Gasteiger charge is 2.27. The molecule has 0 radical (unpaired) electrons. The van der Waals surface area contributed by atoms with Gasteiger partial charge < -0.3 is 14.8 Å². The van der Waals surface area contributed by atoms with Crippen LogP contribution >= 0.6 is 15.9 Å². The molecule has 8 heteroatoms. The molecule has 0 fully saturated rings. The van der Waals surface area contributed by atoms with Crippen molar-refractivity contribution >= 4 is 45.1 Å². The average molecular weight is 447 g/mol. The number of nitrogens with zero attached hydrogens (tertiary/aromatic N) is 1. The van der Waals surface area contributed by atoms with Crippen LogP contribution < -0.4 is 15.0 Å². The molecule has 146 valence electrons. The minimum atomic E-state index is -0.473.